The molecule has 2 aliphatic rings. The molecule has 4 nitrogen and oxygen atoms in total. The minimum atomic E-state index is -0.403. The summed E-state index contributed by atoms with van der Waals surface area (Å²) in [6, 6.07) is 5.45. The number of alkyl halides is 1. The molecule has 0 unspecified atom stereocenters. The molecular weight excluding hydrogens is 306 g/mol. The van der Waals surface area contributed by atoms with E-state index in [4.69, 9.17) is 9.47 Å². The number of benzene rings is 1. The van der Waals surface area contributed by atoms with Crippen molar-refractivity contribution in [1.29, 1.82) is 0 Å². The summed E-state index contributed by atoms with van der Waals surface area (Å²) >= 11 is 0. The molecule has 3 rings (SSSR count). The fraction of sp³-hybridized carbons (Fsp3) is 0.538. The summed E-state index contributed by atoms with van der Waals surface area (Å²) in [7, 11) is 0. The van der Waals surface area contributed by atoms with Crippen LogP contribution in [0.2, 0.25) is 0 Å². The fourth-order valence-electron chi connectivity index (χ4n) is 2.59. The highest BCUT2D eigenvalue weighted by atomic mass is 35.5. The topological polar surface area (TPSA) is 33.7 Å². The van der Waals surface area contributed by atoms with E-state index in [9.17, 15) is 4.39 Å². The Morgan fingerprint density at radius 1 is 1.20 bits per heavy atom. The van der Waals surface area contributed by atoms with Crippen molar-refractivity contribution in [3.63, 3.8) is 0 Å². The minimum absolute atomic E-state index is 0. The maximum Gasteiger partial charge on any atom is 0.231 e. The van der Waals surface area contributed by atoms with Crippen LogP contribution in [0.1, 0.15) is 11.6 Å². The number of hydrogen-bond donors (Lipinski definition) is 1. The maximum absolute atomic E-state index is 13.4. The van der Waals surface area contributed by atoms with Crippen LogP contribution in [0.4, 0.5) is 4.39 Å². The highest BCUT2D eigenvalue weighted by Crippen LogP contribution is 2.40. The third-order valence-corrected chi connectivity index (χ3v) is 3.52. The molecule has 1 fully saturated rings. The van der Waals surface area contributed by atoms with Crippen LogP contribution in [0, 0.1) is 0 Å². The molecule has 0 radical (unpaired) electrons. The van der Waals surface area contributed by atoms with Gasteiger partial charge in [0.1, 0.15) is 6.67 Å². The largest absolute Gasteiger partial charge is 0.454 e. The van der Waals surface area contributed by atoms with Crippen molar-refractivity contribution in [3.8, 4) is 11.5 Å². The first-order chi connectivity index (χ1) is 8.90. The second-order valence-electron chi connectivity index (χ2n) is 4.54. The van der Waals surface area contributed by atoms with Gasteiger partial charge in [0.2, 0.25) is 6.79 Å². The van der Waals surface area contributed by atoms with Crippen molar-refractivity contribution in [3.05, 3.63) is 23.8 Å². The van der Waals surface area contributed by atoms with E-state index in [2.05, 4.69) is 10.2 Å². The van der Waals surface area contributed by atoms with Gasteiger partial charge in [-0.1, -0.05) is 12.1 Å². The summed E-state index contributed by atoms with van der Waals surface area (Å²) in [4.78, 5) is 2.16. The van der Waals surface area contributed by atoms with Crippen molar-refractivity contribution in [1.82, 2.24) is 10.2 Å². The zero-order chi connectivity index (χ0) is 12.4. The zero-order valence-electron chi connectivity index (χ0n) is 11.0. The Bertz CT molecular complexity index is 431. The maximum atomic E-state index is 13.4. The van der Waals surface area contributed by atoms with Crippen molar-refractivity contribution < 1.29 is 13.9 Å². The van der Waals surface area contributed by atoms with E-state index >= 15 is 0 Å². The first-order valence-corrected chi connectivity index (χ1v) is 6.29. The Labute approximate surface area is 130 Å². The molecule has 7 heteroatoms. The molecule has 0 saturated carbocycles. The molecule has 0 bridgehead atoms. The zero-order valence-corrected chi connectivity index (χ0v) is 12.6. The quantitative estimate of drug-likeness (QED) is 0.924. The molecule has 2 heterocycles. The summed E-state index contributed by atoms with van der Waals surface area (Å²) in [5, 5.41) is 3.28. The second kappa shape index (κ2) is 7.88. The predicted molar refractivity (Wildman–Crippen MR) is 80.2 cm³/mol. The van der Waals surface area contributed by atoms with Crippen LogP contribution in [0.5, 0.6) is 11.5 Å². The molecule has 1 N–H and O–H groups in total. The molecule has 1 saturated heterocycles. The van der Waals surface area contributed by atoms with E-state index in [0.717, 1.165) is 37.5 Å². The standard InChI is InChI=1S/C13H17FN2O2.2ClH/c14-8-11(16-6-4-15-5-7-16)10-2-1-3-12-13(10)18-9-17-12;;/h1-3,11,15H,4-9H2;2*1H/t11-;;/m1../s1. The molecule has 1 aromatic carbocycles. The third kappa shape index (κ3) is 3.28. The van der Waals surface area contributed by atoms with Crippen LogP contribution in [0.3, 0.4) is 0 Å². The van der Waals surface area contributed by atoms with Crippen LogP contribution >= 0.6 is 24.8 Å². The molecule has 2 aliphatic heterocycles. The summed E-state index contributed by atoms with van der Waals surface area (Å²) in [6.45, 7) is 3.36. The van der Waals surface area contributed by atoms with Gasteiger partial charge < -0.3 is 14.8 Å². The Morgan fingerprint density at radius 2 is 1.95 bits per heavy atom. The number of fused-ring (bicyclic) bond motifs is 1. The lowest BCUT2D eigenvalue weighted by Gasteiger charge is -2.33. The van der Waals surface area contributed by atoms with Crippen LogP contribution in [-0.2, 0) is 0 Å². The van der Waals surface area contributed by atoms with Gasteiger partial charge in [0.25, 0.3) is 0 Å². The van der Waals surface area contributed by atoms with Gasteiger partial charge in [0.15, 0.2) is 11.5 Å². The number of para-hydroxylation sites is 1. The number of nitrogens with zero attached hydrogens (tertiary/aromatic N) is 1. The average molecular weight is 325 g/mol. The van der Waals surface area contributed by atoms with E-state index in [1.807, 2.05) is 18.2 Å². The Hall–Kier alpha value is -0.750. The summed E-state index contributed by atoms with van der Waals surface area (Å²) in [5.74, 6) is 1.43. The molecule has 1 atom stereocenters. The van der Waals surface area contributed by atoms with Gasteiger partial charge in [0, 0.05) is 31.7 Å². The van der Waals surface area contributed by atoms with Gasteiger partial charge in [-0.3, -0.25) is 4.90 Å². The highest BCUT2D eigenvalue weighted by molar-refractivity contribution is 5.85. The van der Waals surface area contributed by atoms with Crippen molar-refractivity contribution in [2.24, 2.45) is 0 Å². The van der Waals surface area contributed by atoms with Crippen molar-refractivity contribution in [2.45, 2.75) is 6.04 Å². The molecule has 114 valence electrons. The second-order valence-corrected chi connectivity index (χ2v) is 4.54. The van der Waals surface area contributed by atoms with E-state index < -0.39 is 6.67 Å². The number of piperazine rings is 1. The number of nitrogens with one attached hydrogen (secondary N) is 1. The van der Waals surface area contributed by atoms with E-state index in [1.165, 1.54) is 0 Å². The predicted octanol–water partition coefficient (Wildman–Crippen LogP) is 2.17. The number of hydrogen-bond acceptors (Lipinski definition) is 4. The van der Waals surface area contributed by atoms with E-state index in [0.29, 0.717) is 5.75 Å². The van der Waals surface area contributed by atoms with E-state index in [1.54, 1.807) is 0 Å². The highest BCUT2D eigenvalue weighted by Gasteiger charge is 2.28. The molecule has 1 aromatic rings. The molecule has 0 spiro atoms. The third-order valence-electron chi connectivity index (χ3n) is 3.52. The lowest BCUT2D eigenvalue weighted by molar-refractivity contribution is 0.140. The number of rotatable bonds is 3. The first-order valence-electron chi connectivity index (χ1n) is 6.29. The lowest BCUT2D eigenvalue weighted by Crippen LogP contribution is -2.45. The van der Waals surface area contributed by atoms with Crippen LogP contribution in [0.15, 0.2) is 18.2 Å². The summed E-state index contributed by atoms with van der Waals surface area (Å²) < 4.78 is 24.3. The average Bonchev–Trinajstić information content (AvgIpc) is 2.90. The SMILES string of the molecule is Cl.Cl.FC[C@H](c1cccc2c1OCO2)N1CCNCC1. The number of ether oxygens (including phenoxy) is 2. The van der Waals surface area contributed by atoms with Gasteiger partial charge in [-0.2, -0.15) is 0 Å². The summed E-state index contributed by atoms with van der Waals surface area (Å²) in [5.41, 5.74) is 0.898. The van der Waals surface area contributed by atoms with Gasteiger partial charge in [-0.25, -0.2) is 4.39 Å². The first kappa shape index (κ1) is 17.3. The van der Waals surface area contributed by atoms with Crippen LogP contribution in [0.25, 0.3) is 0 Å². The molecule has 0 amide bonds. The molecule has 0 aromatic heterocycles. The molecule has 0 aliphatic carbocycles. The monoisotopic (exact) mass is 324 g/mol. The minimum Gasteiger partial charge on any atom is -0.454 e. The fourth-order valence-corrected chi connectivity index (χ4v) is 2.59. The smallest absolute Gasteiger partial charge is 0.231 e. The number of halogens is 3. The molecule has 20 heavy (non-hydrogen) atoms. The Kier molecular flexibility index (Phi) is 6.82. The van der Waals surface area contributed by atoms with Crippen molar-refractivity contribution >= 4 is 24.8 Å². The normalized spacial score (nSPS) is 18.9. The van der Waals surface area contributed by atoms with E-state index in [-0.39, 0.29) is 37.6 Å². The van der Waals surface area contributed by atoms with Gasteiger partial charge >= 0.3 is 0 Å². The Balaban J connectivity index is 0.000001000. The van der Waals surface area contributed by atoms with Crippen LogP contribution < -0.4 is 14.8 Å². The van der Waals surface area contributed by atoms with Gasteiger partial charge in [-0.05, 0) is 6.07 Å². The van der Waals surface area contributed by atoms with Gasteiger partial charge in [0.05, 0.1) is 6.04 Å². The summed E-state index contributed by atoms with van der Waals surface area (Å²) in [6.07, 6.45) is 0. The van der Waals surface area contributed by atoms with Crippen molar-refractivity contribution in [2.75, 3.05) is 39.6 Å². The van der Waals surface area contributed by atoms with Gasteiger partial charge in [-0.15, -0.1) is 24.8 Å². The lowest BCUT2D eigenvalue weighted by atomic mass is 10.0. The molecular formula is C13H19Cl2FN2O2. The Morgan fingerprint density at radius 3 is 2.65 bits per heavy atom. The van der Waals surface area contributed by atoms with Crippen LogP contribution in [-0.4, -0.2) is 44.5 Å².